The largest absolute Gasteiger partial charge is 0.378 e. The molecule has 1 aliphatic carbocycles. The number of nitrogens with zero attached hydrogens (tertiary/aromatic N) is 3. The highest BCUT2D eigenvalue weighted by atomic mass is 16.2. The number of nitriles is 1. The molecule has 1 amide bonds. The van der Waals surface area contributed by atoms with Crippen LogP contribution < -0.4 is 4.90 Å². The first-order valence-electron chi connectivity index (χ1n) is 7.09. The highest BCUT2D eigenvalue weighted by Crippen LogP contribution is 2.25. The summed E-state index contributed by atoms with van der Waals surface area (Å²) in [5.41, 5.74) is 1.66. The number of hydrogen-bond acceptors (Lipinski definition) is 3. The summed E-state index contributed by atoms with van der Waals surface area (Å²) >= 11 is 0. The maximum absolute atomic E-state index is 12.7. The van der Waals surface area contributed by atoms with E-state index in [2.05, 4.69) is 6.07 Å². The molecule has 0 saturated heterocycles. The van der Waals surface area contributed by atoms with Crippen molar-refractivity contribution in [3.8, 4) is 6.07 Å². The van der Waals surface area contributed by atoms with E-state index in [1.54, 1.807) is 4.90 Å². The van der Waals surface area contributed by atoms with Crippen molar-refractivity contribution in [2.24, 2.45) is 0 Å². The minimum atomic E-state index is -0.0258. The smallest absolute Gasteiger partial charge is 0.255 e. The summed E-state index contributed by atoms with van der Waals surface area (Å²) in [6, 6.07) is 9.94. The van der Waals surface area contributed by atoms with Gasteiger partial charge in [0.15, 0.2) is 0 Å². The van der Waals surface area contributed by atoms with E-state index in [0.29, 0.717) is 5.56 Å². The van der Waals surface area contributed by atoms with E-state index < -0.39 is 0 Å². The van der Waals surface area contributed by atoms with E-state index in [9.17, 15) is 4.79 Å². The van der Waals surface area contributed by atoms with Gasteiger partial charge in [0.25, 0.3) is 5.91 Å². The molecular weight excluding hydrogens is 250 g/mol. The molecule has 0 radical (unpaired) electrons. The maximum atomic E-state index is 12.7. The number of carbonyl (C=O) groups excluding carboxylic acids is 1. The highest BCUT2D eigenvalue weighted by Gasteiger charge is 2.27. The van der Waals surface area contributed by atoms with Gasteiger partial charge >= 0.3 is 0 Å². The molecule has 0 unspecified atom stereocenters. The van der Waals surface area contributed by atoms with Crippen molar-refractivity contribution < 1.29 is 4.79 Å². The van der Waals surface area contributed by atoms with E-state index in [4.69, 9.17) is 5.26 Å². The zero-order valence-electron chi connectivity index (χ0n) is 12.2. The van der Waals surface area contributed by atoms with Gasteiger partial charge in [-0.05, 0) is 31.0 Å². The van der Waals surface area contributed by atoms with Crippen LogP contribution in [0.1, 0.15) is 36.0 Å². The second-order valence-electron chi connectivity index (χ2n) is 5.47. The number of hydrogen-bond donors (Lipinski definition) is 0. The van der Waals surface area contributed by atoms with Crippen LogP contribution in [-0.4, -0.2) is 37.5 Å². The Bertz CT molecular complexity index is 513. The van der Waals surface area contributed by atoms with Crippen LogP contribution in [0.3, 0.4) is 0 Å². The molecule has 0 spiro atoms. The Kier molecular flexibility index (Phi) is 4.62. The molecule has 1 aromatic rings. The van der Waals surface area contributed by atoms with Crippen molar-refractivity contribution in [3.05, 3.63) is 29.8 Å². The molecule has 1 aromatic carbocycles. The molecule has 0 atom stereocenters. The van der Waals surface area contributed by atoms with E-state index >= 15 is 0 Å². The molecular formula is C16H21N3O. The van der Waals surface area contributed by atoms with Gasteiger partial charge in [-0.1, -0.05) is 18.9 Å². The van der Waals surface area contributed by atoms with Crippen LogP contribution in [0.5, 0.6) is 0 Å². The average molecular weight is 271 g/mol. The summed E-state index contributed by atoms with van der Waals surface area (Å²) in [5.74, 6) is -0.0258. The molecule has 0 aromatic heterocycles. The first-order valence-corrected chi connectivity index (χ1v) is 7.09. The minimum absolute atomic E-state index is 0.0258. The number of benzene rings is 1. The van der Waals surface area contributed by atoms with Crippen molar-refractivity contribution >= 4 is 11.6 Å². The fourth-order valence-electron chi connectivity index (χ4n) is 2.74. The van der Waals surface area contributed by atoms with Gasteiger partial charge in [0.1, 0.15) is 6.54 Å². The standard InChI is InChI=1S/C16H21N3O/c1-18(2)15-9-5-6-13(12-15)16(20)19(11-10-17)14-7-3-4-8-14/h5-6,9,12,14H,3-4,7-8,11H2,1-2H3. The van der Waals surface area contributed by atoms with Crippen LogP contribution in [0.4, 0.5) is 5.69 Å². The topological polar surface area (TPSA) is 47.3 Å². The summed E-state index contributed by atoms with van der Waals surface area (Å²) < 4.78 is 0. The molecule has 0 N–H and O–H groups in total. The van der Waals surface area contributed by atoms with Gasteiger partial charge < -0.3 is 9.80 Å². The number of anilines is 1. The fraction of sp³-hybridized carbons (Fsp3) is 0.500. The van der Waals surface area contributed by atoms with Gasteiger partial charge in [-0.15, -0.1) is 0 Å². The van der Waals surface area contributed by atoms with Crippen LogP contribution in [0.25, 0.3) is 0 Å². The fourth-order valence-corrected chi connectivity index (χ4v) is 2.74. The third-order valence-electron chi connectivity index (χ3n) is 3.88. The van der Waals surface area contributed by atoms with Gasteiger partial charge in [0.05, 0.1) is 6.07 Å². The third kappa shape index (κ3) is 3.11. The zero-order valence-corrected chi connectivity index (χ0v) is 12.2. The summed E-state index contributed by atoms with van der Waals surface area (Å²) in [7, 11) is 3.90. The average Bonchev–Trinajstić information content (AvgIpc) is 2.98. The Morgan fingerprint density at radius 2 is 2.05 bits per heavy atom. The summed E-state index contributed by atoms with van der Waals surface area (Å²) in [4.78, 5) is 16.4. The molecule has 0 heterocycles. The second kappa shape index (κ2) is 6.42. The molecule has 106 valence electrons. The molecule has 20 heavy (non-hydrogen) atoms. The highest BCUT2D eigenvalue weighted by molar-refractivity contribution is 5.95. The van der Waals surface area contributed by atoms with Crippen molar-refractivity contribution in [3.63, 3.8) is 0 Å². The van der Waals surface area contributed by atoms with Crippen molar-refractivity contribution in [2.45, 2.75) is 31.7 Å². The minimum Gasteiger partial charge on any atom is -0.378 e. The Hall–Kier alpha value is -2.02. The van der Waals surface area contributed by atoms with Crippen LogP contribution in [0, 0.1) is 11.3 Å². The molecule has 4 nitrogen and oxygen atoms in total. The Morgan fingerprint density at radius 3 is 2.65 bits per heavy atom. The monoisotopic (exact) mass is 271 g/mol. The lowest BCUT2D eigenvalue weighted by Gasteiger charge is -2.27. The first-order chi connectivity index (χ1) is 9.63. The molecule has 0 aliphatic heterocycles. The predicted molar refractivity (Wildman–Crippen MR) is 79.7 cm³/mol. The lowest BCUT2D eigenvalue weighted by atomic mass is 10.1. The second-order valence-corrected chi connectivity index (χ2v) is 5.47. The number of rotatable bonds is 4. The summed E-state index contributed by atoms with van der Waals surface area (Å²) in [5, 5.41) is 8.98. The van der Waals surface area contributed by atoms with Crippen LogP contribution in [0.15, 0.2) is 24.3 Å². The Balaban J connectivity index is 2.22. The lowest BCUT2D eigenvalue weighted by Crippen LogP contribution is -2.39. The van der Waals surface area contributed by atoms with Gasteiger partial charge in [-0.25, -0.2) is 0 Å². The van der Waals surface area contributed by atoms with Gasteiger partial charge in [0.2, 0.25) is 0 Å². The Labute approximate surface area is 120 Å². The van der Waals surface area contributed by atoms with Gasteiger partial charge in [0, 0.05) is 31.4 Å². The molecule has 0 bridgehead atoms. The lowest BCUT2D eigenvalue weighted by molar-refractivity contribution is 0.0709. The van der Waals surface area contributed by atoms with E-state index in [0.717, 1.165) is 31.4 Å². The van der Waals surface area contributed by atoms with E-state index in [-0.39, 0.29) is 18.5 Å². The molecule has 4 heteroatoms. The Morgan fingerprint density at radius 1 is 1.35 bits per heavy atom. The summed E-state index contributed by atoms with van der Waals surface area (Å²) in [6.45, 7) is 0.176. The van der Waals surface area contributed by atoms with Crippen molar-refractivity contribution in [2.75, 3.05) is 25.5 Å². The summed E-state index contributed by atoms with van der Waals surface area (Å²) in [6.07, 6.45) is 4.33. The van der Waals surface area contributed by atoms with Crippen molar-refractivity contribution in [1.82, 2.24) is 4.90 Å². The zero-order chi connectivity index (χ0) is 14.5. The SMILES string of the molecule is CN(C)c1cccc(C(=O)N(CC#N)C2CCCC2)c1. The van der Waals surface area contributed by atoms with Gasteiger partial charge in [-0.3, -0.25) is 4.79 Å². The number of amides is 1. The first kappa shape index (κ1) is 14.4. The molecule has 1 aliphatic rings. The van der Waals surface area contributed by atoms with E-state index in [1.807, 2.05) is 43.3 Å². The van der Waals surface area contributed by atoms with Crippen LogP contribution >= 0.6 is 0 Å². The number of carbonyl (C=O) groups is 1. The predicted octanol–water partition coefficient (Wildman–Crippen LogP) is 2.66. The third-order valence-corrected chi connectivity index (χ3v) is 3.88. The van der Waals surface area contributed by atoms with Gasteiger partial charge in [-0.2, -0.15) is 5.26 Å². The van der Waals surface area contributed by atoms with E-state index in [1.165, 1.54) is 0 Å². The van der Waals surface area contributed by atoms with Crippen LogP contribution in [0.2, 0.25) is 0 Å². The maximum Gasteiger partial charge on any atom is 0.255 e. The van der Waals surface area contributed by atoms with Crippen molar-refractivity contribution in [1.29, 1.82) is 5.26 Å². The normalized spacial score (nSPS) is 14.8. The quantitative estimate of drug-likeness (QED) is 0.791. The van der Waals surface area contributed by atoms with Crippen LogP contribution in [-0.2, 0) is 0 Å². The molecule has 2 rings (SSSR count). The molecule has 1 saturated carbocycles. The molecule has 1 fully saturated rings.